The second-order valence-electron chi connectivity index (χ2n) is 12.5. The van der Waals surface area contributed by atoms with Crippen LogP contribution in [0.15, 0.2) is 200 Å². The van der Waals surface area contributed by atoms with Crippen LogP contribution in [0.4, 0.5) is 17.1 Å². The van der Waals surface area contributed by atoms with Gasteiger partial charge < -0.3 is 4.90 Å². The Morgan fingerprint density at radius 1 is 0.312 bits per heavy atom. The zero-order valence-corrected chi connectivity index (χ0v) is 26.5. The molecule has 0 fully saturated rings. The summed E-state index contributed by atoms with van der Waals surface area (Å²) in [6, 6.07) is 72.9. The quantitative estimate of drug-likeness (QED) is 0.181. The maximum atomic E-state index is 2.35. The molecule has 0 aliphatic heterocycles. The molecule has 48 heavy (non-hydrogen) atoms. The van der Waals surface area contributed by atoms with Crippen LogP contribution in [0.3, 0.4) is 0 Å². The molecule has 1 aliphatic carbocycles. The molecule has 0 N–H and O–H groups in total. The summed E-state index contributed by atoms with van der Waals surface area (Å²) in [6.07, 6.45) is 0. The Hall–Kier alpha value is -6.18. The molecule has 0 heterocycles. The first-order valence-electron chi connectivity index (χ1n) is 16.6. The van der Waals surface area contributed by atoms with Gasteiger partial charge in [0.05, 0.1) is 5.41 Å². The highest BCUT2D eigenvalue weighted by atomic mass is 15.1. The average Bonchev–Trinajstić information content (AvgIpc) is 3.47. The van der Waals surface area contributed by atoms with E-state index in [1.807, 2.05) is 0 Å². The van der Waals surface area contributed by atoms with Gasteiger partial charge in [0.2, 0.25) is 0 Å². The molecular formula is C47H33N. The standard InChI is InChI=1S/C47H33N/c1-3-15-38(16-4-1)47(45-21-11-9-19-43(45)44-20-10-12-22-46(44)47)39-27-31-42(32-28-39)48(40-17-5-2-6-18-40)41-29-25-35(26-30-41)37-24-23-34-13-7-8-14-36(34)33-37/h1-33H. The molecule has 0 radical (unpaired) electrons. The van der Waals surface area contributed by atoms with Crippen molar-refractivity contribution in [3.05, 3.63) is 222 Å². The minimum absolute atomic E-state index is 0.411. The average molecular weight is 612 g/mol. The van der Waals surface area contributed by atoms with Gasteiger partial charge in [-0.15, -0.1) is 0 Å². The van der Waals surface area contributed by atoms with Crippen LogP contribution in [-0.2, 0) is 5.41 Å². The minimum Gasteiger partial charge on any atom is -0.311 e. The fraction of sp³-hybridized carbons (Fsp3) is 0.0213. The van der Waals surface area contributed by atoms with Crippen molar-refractivity contribution in [2.45, 2.75) is 5.41 Å². The van der Waals surface area contributed by atoms with Gasteiger partial charge in [0, 0.05) is 17.1 Å². The Bertz CT molecular complexity index is 2330. The van der Waals surface area contributed by atoms with Gasteiger partial charge in [0.1, 0.15) is 0 Å². The Kier molecular flexibility index (Phi) is 6.76. The highest BCUT2D eigenvalue weighted by Gasteiger charge is 2.45. The van der Waals surface area contributed by atoms with Crippen LogP contribution in [0.25, 0.3) is 33.0 Å². The predicted octanol–water partition coefficient (Wildman–Crippen LogP) is 12.3. The van der Waals surface area contributed by atoms with Crippen molar-refractivity contribution in [1.82, 2.24) is 0 Å². The molecule has 0 amide bonds. The SMILES string of the molecule is c1ccc(N(c2ccc(-c3ccc4ccccc4c3)cc2)c2ccc(C3(c4ccccc4)c4ccccc4-c4ccccc43)cc2)cc1. The number of para-hydroxylation sites is 1. The Balaban J connectivity index is 1.16. The summed E-state index contributed by atoms with van der Waals surface area (Å²) < 4.78 is 0. The van der Waals surface area contributed by atoms with Crippen LogP contribution in [0.1, 0.15) is 22.3 Å². The molecule has 0 bridgehead atoms. The highest BCUT2D eigenvalue weighted by Crippen LogP contribution is 2.56. The molecule has 0 saturated heterocycles. The van der Waals surface area contributed by atoms with E-state index in [-0.39, 0.29) is 0 Å². The number of benzene rings is 8. The predicted molar refractivity (Wildman–Crippen MR) is 201 cm³/mol. The smallest absolute Gasteiger partial charge is 0.0713 e. The molecule has 0 unspecified atom stereocenters. The topological polar surface area (TPSA) is 3.24 Å². The second-order valence-corrected chi connectivity index (χ2v) is 12.5. The van der Waals surface area contributed by atoms with Gasteiger partial charge in [-0.05, 0) is 97.7 Å². The lowest BCUT2D eigenvalue weighted by Crippen LogP contribution is -2.28. The monoisotopic (exact) mass is 611 g/mol. The maximum Gasteiger partial charge on any atom is 0.0713 e. The van der Waals surface area contributed by atoms with Gasteiger partial charge in [-0.2, -0.15) is 0 Å². The van der Waals surface area contributed by atoms with E-state index in [2.05, 4.69) is 205 Å². The number of anilines is 3. The Morgan fingerprint density at radius 2 is 0.771 bits per heavy atom. The van der Waals surface area contributed by atoms with Crippen LogP contribution in [0, 0.1) is 0 Å². The van der Waals surface area contributed by atoms with E-state index in [9.17, 15) is 0 Å². The van der Waals surface area contributed by atoms with Gasteiger partial charge in [0.15, 0.2) is 0 Å². The second kappa shape index (κ2) is 11.6. The molecule has 1 heteroatoms. The molecule has 8 aromatic rings. The summed E-state index contributed by atoms with van der Waals surface area (Å²) in [6.45, 7) is 0. The van der Waals surface area contributed by atoms with Gasteiger partial charge in [-0.3, -0.25) is 0 Å². The van der Waals surface area contributed by atoms with Crippen molar-refractivity contribution in [2.24, 2.45) is 0 Å². The molecule has 0 saturated carbocycles. The maximum absolute atomic E-state index is 2.35. The van der Waals surface area contributed by atoms with Crippen LogP contribution in [0.2, 0.25) is 0 Å². The van der Waals surface area contributed by atoms with Gasteiger partial charge in [0.25, 0.3) is 0 Å². The normalized spacial score (nSPS) is 12.8. The van der Waals surface area contributed by atoms with Gasteiger partial charge in [-0.25, -0.2) is 0 Å². The lowest BCUT2D eigenvalue weighted by Gasteiger charge is -2.34. The van der Waals surface area contributed by atoms with Crippen molar-refractivity contribution in [2.75, 3.05) is 4.90 Å². The summed E-state index contributed by atoms with van der Waals surface area (Å²) in [5.74, 6) is 0. The third kappa shape index (κ3) is 4.47. The van der Waals surface area contributed by atoms with E-state index < -0.39 is 5.41 Å². The number of nitrogens with zero attached hydrogens (tertiary/aromatic N) is 1. The number of rotatable bonds is 6. The fourth-order valence-electron chi connectivity index (χ4n) is 7.77. The summed E-state index contributed by atoms with van der Waals surface area (Å²) in [7, 11) is 0. The van der Waals surface area contributed by atoms with Gasteiger partial charge in [-0.1, -0.05) is 158 Å². The van der Waals surface area contributed by atoms with Crippen molar-refractivity contribution in [3.8, 4) is 22.3 Å². The first kappa shape index (κ1) is 28.1. The van der Waals surface area contributed by atoms with Crippen molar-refractivity contribution < 1.29 is 0 Å². The lowest BCUT2D eigenvalue weighted by molar-refractivity contribution is 0.768. The molecule has 0 aromatic heterocycles. The Labute approximate surface area is 282 Å². The molecule has 9 rings (SSSR count). The molecule has 8 aromatic carbocycles. The zero-order valence-electron chi connectivity index (χ0n) is 26.5. The number of fused-ring (bicyclic) bond motifs is 4. The number of hydrogen-bond acceptors (Lipinski definition) is 1. The van der Waals surface area contributed by atoms with E-state index in [4.69, 9.17) is 0 Å². The van der Waals surface area contributed by atoms with Gasteiger partial charge >= 0.3 is 0 Å². The molecule has 226 valence electrons. The zero-order chi connectivity index (χ0) is 31.9. The van der Waals surface area contributed by atoms with E-state index in [0.29, 0.717) is 0 Å². The Morgan fingerprint density at radius 3 is 1.42 bits per heavy atom. The molecule has 1 aliphatic rings. The number of hydrogen-bond donors (Lipinski definition) is 0. The molecule has 0 atom stereocenters. The summed E-state index contributed by atoms with van der Waals surface area (Å²) >= 11 is 0. The first-order valence-corrected chi connectivity index (χ1v) is 16.6. The molecular weight excluding hydrogens is 579 g/mol. The minimum atomic E-state index is -0.411. The van der Waals surface area contributed by atoms with Crippen LogP contribution >= 0.6 is 0 Å². The van der Waals surface area contributed by atoms with Crippen LogP contribution in [-0.4, -0.2) is 0 Å². The first-order chi connectivity index (χ1) is 23.8. The van der Waals surface area contributed by atoms with E-state index in [1.54, 1.807) is 0 Å². The van der Waals surface area contributed by atoms with E-state index in [0.717, 1.165) is 17.1 Å². The van der Waals surface area contributed by atoms with Crippen molar-refractivity contribution in [1.29, 1.82) is 0 Å². The third-order valence-electron chi connectivity index (χ3n) is 9.94. The van der Waals surface area contributed by atoms with E-state index >= 15 is 0 Å². The van der Waals surface area contributed by atoms with Crippen molar-refractivity contribution >= 4 is 27.8 Å². The van der Waals surface area contributed by atoms with Crippen LogP contribution in [0.5, 0.6) is 0 Å². The summed E-state index contributed by atoms with van der Waals surface area (Å²) in [5, 5.41) is 2.51. The van der Waals surface area contributed by atoms with Crippen molar-refractivity contribution in [3.63, 3.8) is 0 Å². The van der Waals surface area contributed by atoms with E-state index in [1.165, 1.54) is 55.3 Å². The largest absolute Gasteiger partial charge is 0.311 e. The molecule has 1 nitrogen and oxygen atoms in total. The highest BCUT2D eigenvalue weighted by molar-refractivity contribution is 5.89. The fourth-order valence-corrected chi connectivity index (χ4v) is 7.77. The van der Waals surface area contributed by atoms with Crippen LogP contribution < -0.4 is 4.90 Å². The third-order valence-corrected chi connectivity index (χ3v) is 9.94. The molecule has 0 spiro atoms. The lowest BCUT2D eigenvalue weighted by atomic mass is 9.68. The summed E-state index contributed by atoms with van der Waals surface area (Å²) in [5.41, 5.74) is 13.2. The summed E-state index contributed by atoms with van der Waals surface area (Å²) in [4.78, 5) is 2.35.